The largest absolute Gasteiger partial charge is 0.481 e. The van der Waals surface area contributed by atoms with Gasteiger partial charge in [0.1, 0.15) is 0 Å². The fourth-order valence-electron chi connectivity index (χ4n) is 1.73. The Hall–Kier alpha value is -1.27. The van der Waals surface area contributed by atoms with Crippen molar-refractivity contribution in [2.75, 3.05) is 13.1 Å². The Morgan fingerprint density at radius 3 is 2.70 bits per heavy atom. The van der Waals surface area contributed by atoms with Gasteiger partial charge in [-0.1, -0.05) is 24.9 Å². The van der Waals surface area contributed by atoms with Crippen molar-refractivity contribution in [1.29, 1.82) is 0 Å². The molecule has 0 spiro atoms. The van der Waals surface area contributed by atoms with Crippen molar-refractivity contribution < 1.29 is 14.7 Å². The number of amides is 2. The number of aliphatic carboxylic acids is 1. The molecule has 1 atom stereocenters. The zero-order chi connectivity index (χ0) is 15.0. The van der Waals surface area contributed by atoms with Crippen molar-refractivity contribution in [3.8, 4) is 0 Å². The average Bonchev–Trinajstić information content (AvgIpc) is 2.80. The fourth-order valence-corrected chi connectivity index (χ4v) is 2.81. The van der Waals surface area contributed by atoms with Gasteiger partial charge in [-0.05, 0) is 25.0 Å². The number of carbonyl (C=O) groups excluding carboxylic acids is 1. The third-order valence-electron chi connectivity index (χ3n) is 2.78. The van der Waals surface area contributed by atoms with E-state index < -0.39 is 11.9 Å². The normalized spacial score (nSPS) is 11.9. The van der Waals surface area contributed by atoms with Crippen LogP contribution in [0.4, 0.5) is 4.79 Å². The maximum atomic E-state index is 11.5. The van der Waals surface area contributed by atoms with Crippen LogP contribution in [-0.2, 0) is 11.2 Å². The predicted molar refractivity (Wildman–Crippen MR) is 80.5 cm³/mol. The van der Waals surface area contributed by atoms with E-state index in [1.54, 1.807) is 0 Å². The van der Waals surface area contributed by atoms with E-state index in [0.29, 0.717) is 19.4 Å². The quantitative estimate of drug-likeness (QED) is 0.689. The summed E-state index contributed by atoms with van der Waals surface area (Å²) in [7, 11) is 0. The van der Waals surface area contributed by atoms with E-state index in [2.05, 4.69) is 10.6 Å². The maximum absolute atomic E-state index is 11.5. The van der Waals surface area contributed by atoms with Crippen molar-refractivity contribution in [2.24, 2.45) is 5.92 Å². The Kier molecular flexibility index (Phi) is 7.40. The van der Waals surface area contributed by atoms with E-state index in [0.717, 1.165) is 15.6 Å². The third-order valence-corrected chi connectivity index (χ3v) is 4.07. The molecule has 1 rings (SSSR count). The van der Waals surface area contributed by atoms with Crippen molar-refractivity contribution >= 4 is 34.9 Å². The highest BCUT2D eigenvalue weighted by molar-refractivity contribution is 7.16. The molecule has 1 heterocycles. The Bertz CT molecular complexity index is 451. The molecular formula is C13H19ClN2O3S. The molecule has 0 saturated heterocycles. The smallest absolute Gasteiger partial charge is 0.314 e. The zero-order valence-electron chi connectivity index (χ0n) is 11.3. The maximum Gasteiger partial charge on any atom is 0.314 e. The minimum atomic E-state index is -0.875. The van der Waals surface area contributed by atoms with Crippen LogP contribution in [0.15, 0.2) is 12.1 Å². The highest BCUT2D eigenvalue weighted by atomic mass is 35.5. The lowest BCUT2D eigenvalue weighted by atomic mass is 10.0. The average molecular weight is 319 g/mol. The van der Waals surface area contributed by atoms with Gasteiger partial charge in [-0.25, -0.2) is 4.79 Å². The van der Waals surface area contributed by atoms with Crippen molar-refractivity contribution in [3.63, 3.8) is 0 Å². The van der Waals surface area contributed by atoms with Gasteiger partial charge in [0.15, 0.2) is 0 Å². The van der Waals surface area contributed by atoms with Crippen LogP contribution in [0, 0.1) is 5.92 Å². The first kappa shape index (κ1) is 16.8. The van der Waals surface area contributed by atoms with Crippen LogP contribution in [0.3, 0.4) is 0 Å². The first-order valence-electron chi connectivity index (χ1n) is 6.51. The van der Waals surface area contributed by atoms with Crippen LogP contribution in [0.2, 0.25) is 4.34 Å². The number of urea groups is 1. The molecule has 0 aliphatic rings. The lowest BCUT2D eigenvalue weighted by molar-refractivity contribution is -0.141. The topological polar surface area (TPSA) is 78.4 Å². The SMILES string of the molecule is CCCC(CNC(=O)NCCc1ccc(Cl)s1)C(=O)O. The number of nitrogens with one attached hydrogen (secondary N) is 2. The second-order valence-corrected chi connectivity index (χ2v) is 6.22. The summed E-state index contributed by atoms with van der Waals surface area (Å²) in [5.41, 5.74) is 0. The molecule has 20 heavy (non-hydrogen) atoms. The van der Waals surface area contributed by atoms with E-state index >= 15 is 0 Å². The first-order valence-corrected chi connectivity index (χ1v) is 7.71. The van der Waals surface area contributed by atoms with Crippen molar-refractivity contribution in [3.05, 3.63) is 21.3 Å². The highest BCUT2D eigenvalue weighted by Crippen LogP contribution is 2.21. The van der Waals surface area contributed by atoms with E-state index in [9.17, 15) is 9.59 Å². The summed E-state index contributed by atoms with van der Waals surface area (Å²) in [4.78, 5) is 23.6. The van der Waals surface area contributed by atoms with Crippen LogP contribution in [0.5, 0.6) is 0 Å². The second-order valence-electron chi connectivity index (χ2n) is 4.42. The van der Waals surface area contributed by atoms with E-state index in [1.165, 1.54) is 11.3 Å². The van der Waals surface area contributed by atoms with Crippen LogP contribution in [-0.4, -0.2) is 30.2 Å². The third kappa shape index (κ3) is 6.25. The summed E-state index contributed by atoms with van der Waals surface area (Å²) in [5.74, 6) is -1.40. The molecule has 0 saturated carbocycles. The van der Waals surface area contributed by atoms with Gasteiger partial charge in [0.25, 0.3) is 0 Å². The minimum Gasteiger partial charge on any atom is -0.481 e. The van der Waals surface area contributed by atoms with Gasteiger partial charge in [0.05, 0.1) is 10.3 Å². The van der Waals surface area contributed by atoms with Crippen molar-refractivity contribution in [2.45, 2.75) is 26.2 Å². The van der Waals surface area contributed by atoms with Crippen molar-refractivity contribution in [1.82, 2.24) is 10.6 Å². The molecule has 112 valence electrons. The molecule has 0 radical (unpaired) electrons. The van der Waals surface area contributed by atoms with E-state index in [1.807, 2.05) is 19.1 Å². The molecule has 0 fully saturated rings. The number of carboxylic acids is 1. The number of carboxylic acid groups (broad SMARTS) is 1. The van der Waals surface area contributed by atoms with Gasteiger partial charge in [-0.2, -0.15) is 0 Å². The number of thiophene rings is 1. The molecule has 7 heteroatoms. The Morgan fingerprint density at radius 2 is 2.15 bits per heavy atom. The van der Waals surface area contributed by atoms with Gasteiger partial charge in [-0.15, -0.1) is 11.3 Å². The summed E-state index contributed by atoms with van der Waals surface area (Å²) < 4.78 is 0.730. The molecule has 1 aromatic rings. The summed E-state index contributed by atoms with van der Waals surface area (Å²) in [6, 6.07) is 3.41. The number of rotatable bonds is 8. The predicted octanol–water partition coefficient (Wildman–Crippen LogP) is 2.74. The van der Waals surface area contributed by atoms with Crippen LogP contribution < -0.4 is 10.6 Å². The molecule has 1 unspecified atom stereocenters. The van der Waals surface area contributed by atoms with Gasteiger partial charge in [-0.3, -0.25) is 4.79 Å². The molecular weight excluding hydrogens is 300 g/mol. The van der Waals surface area contributed by atoms with Gasteiger partial charge in [0.2, 0.25) is 0 Å². The summed E-state index contributed by atoms with van der Waals surface area (Å²) in [5, 5.41) is 14.2. The van der Waals surface area contributed by atoms with E-state index in [4.69, 9.17) is 16.7 Å². The highest BCUT2D eigenvalue weighted by Gasteiger charge is 2.16. The molecule has 0 aliphatic heterocycles. The zero-order valence-corrected chi connectivity index (χ0v) is 12.9. The molecule has 2 amide bonds. The first-order chi connectivity index (χ1) is 9.52. The lowest BCUT2D eigenvalue weighted by Crippen LogP contribution is -2.40. The molecule has 0 aromatic carbocycles. The Labute approximate surface area is 127 Å². The van der Waals surface area contributed by atoms with E-state index in [-0.39, 0.29) is 12.6 Å². The fraction of sp³-hybridized carbons (Fsp3) is 0.538. The molecule has 1 aromatic heterocycles. The molecule has 5 nitrogen and oxygen atoms in total. The standard InChI is InChI=1S/C13H19ClN2O3S/c1-2-3-9(12(17)18)8-16-13(19)15-7-6-10-4-5-11(14)20-10/h4-5,9H,2-3,6-8H2,1H3,(H,17,18)(H2,15,16,19). The van der Waals surface area contributed by atoms with Crippen LogP contribution >= 0.6 is 22.9 Å². The lowest BCUT2D eigenvalue weighted by Gasteiger charge is -2.12. The summed E-state index contributed by atoms with van der Waals surface area (Å²) in [6.45, 7) is 2.57. The monoisotopic (exact) mass is 318 g/mol. The van der Waals surface area contributed by atoms with Crippen LogP contribution in [0.25, 0.3) is 0 Å². The van der Waals surface area contributed by atoms with Crippen LogP contribution in [0.1, 0.15) is 24.6 Å². The second kappa shape index (κ2) is 8.81. The minimum absolute atomic E-state index is 0.153. The number of carbonyl (C=O) groups is 2. The number of hydrogen-bond donors (Lipinski definition) is 3. The van der Waals surface area contributed by atoms with Gasteiger partial charge in [0, 0.05) is 18.0 Å². The Morgan fingerprint density at radius 1 is 1.40 bits per heavy atom. The van der Waals surface area contributed by atoms with Gasteiger partial charge >= 0.3 is 12.0 Å². The number of hydrogen-bond acceptors (Lipinski definition) is 3. The number of halogens is 1. The summed E-state index contributed by atoms with van der Waals surface area (Å²) in [6.07, 6.45) is 2.05. The Balaban J connectivity index is 2.21. The summed E-state index contributed by atoms with van der Waals surface area (Å²) >= 11 is 7.29. The van der Waals surface area contributed by atoms with Gasteiger partial charge < -0.3 is 15.7 Å². The molecule has 0 aliphatic carbocycles. The molecule has 3 N–H and O–H groups in total. The molecule has 0 bridgehead atoms.